The number of carbonyl (C=O) groups excluding carboxylic acids is 1. The zero-order valence-electron chi connectivity index (χ0n) is 18.1. The van der Waals surface area contributed by atoms with Crippen LogP contribution in [0.15, 0.2) is 46.5 Å². The number of aromatic nitrogens is 1. The van der Waals surface area contributed by atoms with E-state index in [1.54, 1.807) is 13.2 Å². The number of amides is 1. The van der Waals surface area contributed by atoms with Crippen LogP contribution in [0.3, 0.4) is 0 Å². The molecule has 2 heterocycles. The van der Waals surface area contributed by atoms with E-state index in [4.69, 9.17) is 14.0 Å². The number of fused-ring (bicyclic) bond motifs is 1. The van der Waals surface area contributed by atoms with Crippen LogP contribution in [0, 0.1) is 5.92 Å². The SMILES string of the molecule is COc1ccc2c(c1)C=CC(CCCc1cc(C(=O)NCC3CCOCC3)no1)=CC2. The van der Waals surface area contributed by atoms with Crippen LogP contribution in [-0.4, -0.2) is 37.9 Å². The Balaban J connectivity index is 1.23. The monoisotopic (exact) mass is 422 g/mol. The zero-order valence-corrected chi connectivity index (χ0v) is 18.1. The lowest BCUT2D eigenvalue weighted by Gasteiger charge is -2.21. The third kappa shape index (κ3) is 5.85. The number of carbonyl (C=O) groups is 1. The summed E-state index contributed by atoms with van der Waals surface area (Å²) in [5.41, 5.74) is 4.18. The van der Waals surface area contributed by atoms with E-state index >= 15 is 0 Å². The standard InChI is InChI=1S/C25H30N2O4/c1-29-22-10-9-20-7-5-18(6-8-21(20)15-22)3-2-4-23-16-24(27-31-23)25(28)26-17-19-11-13-30-14-12-19/h5-6,8-10,15-16,19H,2-4,7,11-14,17H2,1H3,(H,26,28). The maximum Gasteiger partial charge on any atom is 0.273 e. The summed E-state index contributed by atoms with van der Waals surface area (Å²) in [6.07, 6.45) is 12.2. The van der Waals surface area contributed by atoms with Gasteiger partial charge in [-0.1, -0.05) is 35.0 Å². The van der Waals surface area contributed by atoms with Crippen molar-refractivity contribution in [1.29, 1.82) is 0 Å². The predicted molar refractivity (Wildman–Crippen MR) is 119 cm³/mol. The molecule has 1 aliphatic heterocycles. The van der Waals surface area contributed by atoms with E-state index in [1.807, 2.05) is 6.07 Å². The summed E-state index contributed by atoms with van der Waals surface area (Å²) in [7, 11) is 1.69. The summed E-state index contributed by atoms with van der Waals surface area (Å²) >= 11 is 0. The normalized spacial score (nSPS) is 16.4. The molecule has 6 heteroatoms. The Labute approximate surface area is 183 Å². The van der Waals surface area contributed by atoms with Crippen LogP contribution in [0.1, 0.15) is 53.1 Å². The predicted octanol–water partition coefficient (Wildman–Crippen LogP) is 4.36. The van der Waals surface area contributed by atoms with Gasteiger partial charge in [-0.2, -0.15) is 0 Å². The van der Waals surface area contributed by atoms with Crippen molar-refractivity contribution >= 4 is 12.0 Å². The van der Waals surface area contributed by atoms with Crippen LogP contribution in [0.4, 0.5) is 0 Å². The van der Waals surface area contributed by atoms with Gasteiger partial charge < -0.3 is 19.3 Å². The second-order valence-electron chi connectivity index (χ2n) is 8.18. The molecule has 1 aromatic carbocycles. The Kier molecular flexibility index (Phi) is 7.20. The molecule has 6 nitrogen and oxygen atoms in total. The maximum atomic E-state index is 12.3. The molecule has 1 aromatic heterocycles. The molecule has 1 amide bonds. The zero-order chi connectivity index (χ0) is 21.5. The second kappa shape index (κ2) is 10.4. The highest BCUT2D eigenvalue weighted by Gasteiger charge is 2.17. The molecule has 2 aromatic rings. The van der Waals surface area contributed by atoms with Crippen LogP contribution in [0.5, 0.6) is 5.75 Å². The molecule has 164 valence electrons. The molecule has 1 N–H and O–H groups in total. The average molecular weight is 423 g/mol. The average Bonchev–Trinajstić information content (AvgIpc) is 3.19. The number of benzene rings is 1. The summed E-state index contributed by atoms with van der Waals surface area (Å²) in [5, 5.41) is 6.92. The molecule has 31 heavy (non-hydrogen) atoms. The van der Waals surface area contributed by atoms with Gasteiger partial charge in [0.2, 0.25) is 0 Å². The van der Waals surface area contributed by atoms with Crippen LogP contribution in [0.2, 0.25) is 0 Å². The Morgan fingerprint density at radius 3 is 2.90 bits per heavy atom. The highest BCUT2D eigenvalue weighted by atomic mass is 16.5. The minimum Gasteiger partial charge on any atom is -0.497 e. The van der Waals surface area contributed by atoms with Gasteiger partial charge in [-0.25, -0.2) is 0 Å². The molecule has 0 saturated carbocycles. The molecule has 0 spiro atoms. The van der Waals surface area contributed by atoms with Crippen LogP contribution in [0.25, 0.3) is 6.08 Å². The van der Waals surface area contributed by atoms with Crippen LogP contribution >= 0.6 is 0 Å². The van der Waals surface area contributed by atoms with Gasteiger partial charge in [-0.05, 0) is 61.3 Å². The molecule has 0 unspecified atom stereocenters. The number of rotatable bonds is 8. The van der Waals surface area contributed by atoms with E-state index < -0.39 is 0 Å². The lowest BCUT2D eigenvalue weighted by molar-refractivity contribution is 0.0641. The fourth-order valence-corrected chi connectivity index (χ4v) is 4.02. The summed E-state index contributed by atoms with van der Waals surface area (Å²) in [5.74, 6) is 1.95. The van der Waals surface area contributed by atoms with Gasteiger partial charge in [0.25, 0.3) is 5.91 Å². The molecule has 1 saturated heterocycles. The quantitative estimate of drug-likeness (QED) is 0.684. The van der Waals surface area contributed by atoms with E-state index in [-0.39, 0.29) is 5.91 Å². The molecule has 1 fully saturated rings. The Morgan fingerprint density at radius 2 is 2.06 bits per heavy atom. The van der Waals surface area contributed by atoms with Crippen molar-refractivity contribution in [3.8, 4) is 5.75 Å². The van der Waals surface area contributed by atoms with Gasteiger partial charge in [0.05, 0.1) is 7.11 Å². The first-order valence-electron chi connectivity index (χ1n) is 11.1. The third-order valence-electron chi connectivity index (χ3n) is 5.99. The summed E-state index contributed by atoms with van der Waals surface area (Å²) in [6, 6.07) is 7.97. The van der Waals surface area contributed by atoms with E-state index in [9.17, 15) is 4.79 Å². The van der Waals surface area contributed by atoms with Crippen LogP contribution < -0.4 is 10.1 Å². The summed E-state index contributed by atoms with van der Waals surface area (Å²) in [4.78, 5) is 12.3. The van der Waals surface area contributed by atoms with E-state index in [0.717, 1.165) is 63.2 Å². The van der Waals surface area contributed by atoms with Gasteiger partial charge in [0, 0.05) is 32.2 Å². The number of nitrogens with zero attached hydrogens (tertiary/aromatic N) is 1. The number of nitrogens with one attached hydrogen (secondary N) is 1. The highest BCUT2D eigenvalue weighted by molar-refractivity contribution is 5.92. The maximum absolute atomic E-state index is 12.3. The van der Waals surface area contributed by atoms with Crippen molar-refractivity contribution < 1.29 is 18.8 Å². The van der Waals surface area contributed by atoms with Crippen molar-refractivity contribution in [2.45, 2.75) is 38.5 Å². The largest absolute Gasteiger partial charge is 0.497 e. The number of ether oxygens (including phenoxy) is 2. The topological polar surface area (TPSA) is 73.6 Å². The van der Waals surface area contributed by atoms with Crippen molar-refractivity contribution in [2.75, 3.05) is 26.9 Å². The van der Waals surface area contributed by atoms with Gasteiger partial charge in [-0.15, -0.1) is 0 Å². The minimum atomic E-state index is -0.163. The van der Waals surface area contributed by atoms with E-state index in [2.05, 4.69) is 40.8 Å². The van der Waals surface area contributed by atoms with Gasteiger partial charge in [0.1, 0.15) is 11.5 Å². The van der Waals surface area contributed by atoms with Crippen molar-refractivity contribution in [3.63, 3.8) is 0 Å². The Bertz CT molecular complexity index is 954. The minimum absolute atomic E-state index is 0.163. The van der Waals surface area contributed by atoms with Gasteiger partial charge >= 0.3 is 0 Å². The fraction of sp³-hybridized carbons (Fsp3) is 0.440. The molecule has 0 atom stereocenters. The highest BCUT2D eigenvalue weighted by Crippen LogP contribution is 2.25. The number of allylic oxidation sites excluding steroid dienone is 3. The van der Waals surface area contributed by atoms with Crippen molar-refractivity contribution in [2.24, 2.45) is 5.92 Å². The smallest absolute Gasteiger partial charge is 0.273 e. The molecule has 1 aliphatic carbocycles. The lowest BCUT2D eigenvalue weighted by atomic mass is 10.0. The summed E-state index contributed by atoms with van der Waals surface area (Å²) in [6.45, 7) is 2.22. The number of hydrogen-bond donors (Lipinski definition) is 1. The second-order valence-corrected chi connectivity index (χ2v) is 8.18. The molecule has 2 aliphatic rings. The van der Waals surface area contributed by atoms with Crippen molar-refractivity contribution in [1.82, 2.24) is 10.5 Å². The fourth-order valence-electron chi connectivity index (χ4n) is 4.02. The molecular formula is C25H30N2O4. The first kappa shape index (κ1) is 21.4. The number of hydrogen-bond acceptors (Lipinski definition) is 5. The Morgan fingerprint density at radius 1 is 1.19 bits per heavy atom. The molecule has 0 radical (unpaired) electrons. The third-order valence-corrected chi connectivity index (χ3v) is 5.99. The van der Waals surface area contributed by atoms with Crippen molar-refractivity contribution in [3.05, 3.63) is 64.6 Å². The molecule has 0 bridgehead atoms. The lowest BCUT2D eigenvalue weighted by Crippen LogP contribution is -2.32. The molecular weight excluding hydrogens is 392 g/mol. The number of aryl methyl sites for hydroxylation is 1. The van der Waals surface area contributed by atoms with Gasteiger partial charge in [-0.3, -0.25) is 4.79 Å². The first-order valence-corrected chi connectivity index (χ1v) is 11.1. The van der Waals surface area contributed by atoms with Gasteiger partial charge in [0.15, 0.2) is 5.69 Å². The number of methoxy groups -OCH3 is 1. The Hall–Kier alpha value is -2.86. The summed E-state index contributed by atoms with van der Waals surface area (Å²) < 4.78 is 16.1. The van der Waals surface area contributed by atoms with E-state index in [0.29, 0.717) is 18.2 Å². The first-order chi connectivity index (χ1) is 15.2. The van der Waals surface area contributed by atoms with Crippen LogP contribution in [-0.2, 0) is 17.6 Å². The van der Waals surface area contributed by atoms with E-state index in [1.165, 1.54) is 16.7 Å². The molecule has 4 rings (SSSR count).